The van der Waals surface area contributed by atoms with Crippen LogP contribution in [0, 0.1) is 0 Å². The first-order valence-electron chi connectivity index (χ1n) is 8.67. The Hall–Kier alpha value is -2.65. The second-order valence-corrected chi connectivity index (χ2v) is 8.72. The summed E-state index contributed by atoms with van der Waals surface area (Å²) in [5.41, 5.74) is 1.17. The van der Waals surface area contributed by atoms with Crippen molar-refractivity contribution < 1.29 is 24.1 Å². The molecule has 1 fully saturated rings. The summed E-state index contributed by atoms with van der Waals surface area (Å²) in [7, 11) is 0. The Bertz CT molecular complexity index is 941. The maximum Gasteiger partial charge on any atom is 0.253 e. The lowest BCUT2D eigenvalue weighted by Crippen LogP contribution is -2.68. The molecule has 0 spiro atoms. The number of fused-ring (bicyclic) bond motifs is 1. The van der Waals surface area contributed by atoms with Crippen LogP contribution in [0.5, 0.6) is 0 Å². The Morgan fingerprint density at radius 2 is 2.07 bits per heavy atom. The molecular weight excluding hydrogens is 398 g/mol. The van der Waals surface area contributed by atoms with E-state index < -0.39 is 12.0 Å². The van der Waals surface area contributed by atoms with E-state index in [0.29, 0.717) is 13.0 Å². The molecule has 0 bridgehead atoms. The third-order valence-corrected chi connectivity index (χ3v) is 6.84. The summed E-state index contributed by atoms with van der Waals surface area (Å²) in [6.45, 7) is 0.562. The minimum atomic E-state index is -1.21. The standard InChI is InChI=1S/C19H17N3O4S2/c23-15(8-14-2-1-7-27-14)20-16-17(24)22-10-12(11-28-18(16)22)9-21-5-3-13(4-6-21)19(25)26/h1-7,10,16,18H,8-9,11H2,(H-,20,23,25,26)/t16-,18+/m1/s1. The number of carboxylic acids is 1. The molecular formula is C19H17N3O4S2. The average Bonchev–Trinajstić information content (AvgIpc) is 3.19. The van der Waals surface area contributed by atoms with Gasteiger partial charge >= 0.3 is 0 Å². The van der Waals surface area contributed by atoms with Crippen LogP contribution in [0.4, 0.5) is 0 Å². The van der Waals surface area contributed by atoms with Gasteiger partial charge in [0.1, 0.15) is 11.4 Å². The minimum Gasteiger partial charge on any atom is -0.545 e. The number of hydrogen-bond donors (Lipinski definition) is 1. The van der Waals surface area contributed by atoms with Gasteiger partial charge in [-0.05, 0) is 11.4 Å². The summed E-state index contributed by atoms with van der Waals surface area (Å²) in [5, 5.41) is 15.5. The molecule has 4 heterocycles. The zero-order chi connectivity index (χ0) is 19.7. The van der Waals surface area contributed by atoms with E-state index in [9.17, 15) is 19.5 Å². The number of nitrogens with zero attached hydrogens (tertiary/aromatic N) is 2. The molecule has 144 valence electrons. The third-order valence-electron chi connectivity index (χ3n) is 4.58. The highest BCUT2D eigenvalue weighted by Crippen LogP contribution is 2.36. The third kappa shape index (κ3) is 3.81. The molecule has 2 aliphatic rings. The average molecular weight is 415 g/mol. The number of nitrogens with one attached hydrogen (secondary N) is 1. The molecule has 2 aromatic heterocycles. The van der Waals surface area contributed by atoms with Gasteiger partial charge in [-0.3, -0.25) is 9.59 Å². The van der Waals surface area contributed by atoms with Crippen LogP contribution >= 0.6 is 23.1 Å². The number of carbonyl (C=O) groups excluding carboxylic acids is 3. The predicted octanol–water partition coefficient (Wildman–Crippen LogP) is -0.0744. The van der Waals surface area contributed by atoms with E-state index in [4.69, 9.17) is 0 Å². The predicted molar refractivity (Wildman–Crippen MR) is 102 cm³/mol. The molecule has 0 aliphatic carbocycles. The molecule has 1 N–H and O–H groups in total. The molecule has 7 nitrogen and oxygen atoms in total. The van der Waals surface area contributed by atoms with Gasteiger partial charge in [0.2, 0.25) is 5.91 Å². The van der Waals surface area contributed by atoms with Gasteiger partial charge in [-0.15, -0.1) is 23.1 Å². The van der Waals surface area contributed by atoms with Gasteiger partial charge in [0, 0.05) is 40.1 Å². The molecule has 9 heteroatoms. The summed E-state index contributed by atoms with van der Waals surface area (Å²) in [4.78, 5) is 38.0. The van der Waals surface area contributed by atoms with E-state index in [1.807, 2.05) is 28.3 Å². The molecule has 2 aliphatic heterocycles. The summed E-state index contributed by atoms with van der Waals surface area (Å²) < 4.78 is 1.85. The lowest BCUT2D eigenvalue weighted by Gasteiger charge is -2.47. The van der Waals surface area contributed by atoms with Crippen molar-refractivity contribution in [2.75, 3.05) is 5.75 Å². The van der Waals surface area contributed by atoms with Crippen LogP contribution in [0.15, 0.2) is 53.8 Å². The van der Waals surface area contributed by atoms with Crippen molar-refractivity contribution >= 4 is 40.9 Å². The first kappa shape index (κ1) is 18.7. The Morgan fingerprint density at radius 1 is 1.29 bits per heavy atom. The van der Waals surface area contributed by atoms with Crippen LogP contribution in [0.2, 0.25) is 0 Å². The Balaban J connectivity index is 1.35. The Kier molecular flexibility index (Phi) is 5.19. The van der Waals surface area contributed by atoms with E-state index >= 15 is 0 Å². The summed E-state index contributed by atoms with van der Waals surface area (Å²) in [5.74, 6) is -0.715. The summed E-state index contributed by atoms with van der Waals surface area (Å²) in [6, 6.07) is 6.30. The highest BCUT2D eigenvalue weighted by Gasteiger charge is 2.49. The van der Waals surface area contributed by atoms with Crippen molar-refractivity contribution in [3.8, 4) is 0 Å². The summed E-state index contributed by atoms with van der Waals surface area (Å²) in [6.07, 6.45) is 5.48. The largest absolute Gasteiger partial charge is 0.545 e. The Morgan fingerprint density at radius 3 is 2.75 bits per heavy atom. The van der Waals surface area contributed by atoms with E-state index in [-0.39, 0.29) is 22.8 Å². The first-order chi connectivity index (χ1) is 13.5. The highest BCUT2D eigenvalue weighted by atomic mass is 32.2. The number of thiophene rings is 1. The maximum absolute atomic E-state index is 12.4. The molecule has 2 aromatic rings. The number of amides is 2. The quantitative estimate of drug-likeness (QED) is 0.526. The monoisotopic (exact) mass is 415 g/mol. The van der Waals surface area contributed by atoms with Crippen molar-refractivity contribution in [2.45, 2.75) is 24.4 Å². The number of pyridine rings is 1. The number of thioether (sulfide) groups is 1. The number of β-lactam (4-membered cyclic amide) rings is 1. The zero-order valence-electron chi connectivity index (χ0n) is 14.7. The lowest BCUT2D eigenvalue weighted by molar-refractivity contribution is -0.689. The number of hydrogen-bond acceptors (Lipinski definition) is 6. The molecule has 4 rings (SSSR count). The SMILES string of the molecule is O=C(Cc1cccs1)N[C@@H]1C(=O)N2C=C(C[n+]3ccc(C(=O)[O-])cc3)CS[C@@H]12. The van der Waals surface area contributed by atoms with Gasteiger partial charge in [-0.2, -0.15) is 0 Å². The molecule has 0 radical (unpaired) electrons. The van der Waals surface area contributed by atoms with Crippen molar-refractivity contribution in [1.82, 2.24) is 10.2 Å². The van der Waals surface area contributed by atoms with Crippen LogP contribution < -0.4 is 15.0 Å². The van der Waals surface area contributed by atoms with Crippen LogP contribution in [-0.2, 0) is 22.6 Å². The van der Waals surface area contributed by atoms with Crippen molar-refractivity contribution in [3.05, 3.63) is 64.3 Å². The maximum atomic E-state index is 12.4. The highest BCUT2D eigenvalue weighted by molar-refractivity contribution is 8.00. The normalized spacial score (nSPS) is 20.8. The molecule has 0 unspecified atom stereocenters. The van der Waals surface area contributed by atoms with E-state index in [1.165, 1.54) is 23.5 Å². The summed E-state index contributed by atoms with van der Waals surface area (Å²) >= 11 is 3.14. The molecule has 0 aromatic carbocycles. The number of aromatic carboxylic acids is 1. The number of rotatable bonds is 6. The lowest BCUT2D eigenvalue weighted by atomic mass is 10.1. The molecule has 0 saturated carbocycles. The molecule has 28 heavy (non-hydrogen) atoms. The smallest absolute Gasteiger partial charge is 0.253 e. The topological polar surface area (TPSA) is 93.4 Å². The van der Waals surface area contributed by atoms with Gasteiger partial charge in [0.15, 0.2) is 18.9 Å². The zero-order valence-corrected chi connectivity index (χ0v) is 16.4. The van der Waals surface area contributed by atoms with Crippen LogP contribution in [0.25, 0.3) is 0 Å². The van der Waals surface area contributed by atoms with Crippen LogP contribution in [0.3, 0.4) is 0 Å². The molecule has 1 saturated heterocycles. The Labute approximate surface area is 169 Å². The van der Waals surface area contributed by atoms with Gasteiger partial charge in [-0.25, -0.2) is 4.57 Å². The van der Waals surface area contributed by atoms with E-state index in [1.54, 1.807) is 29.1 Å². The van der Waals surface area contributed by atoms with Crippen molar-refractivity contribution in [3.63, 3.8) is 0 Å². The fraction of sp³-hybridized carbons (Fsp3) is 0.263. The van der Waals surface area contributed by atoms with Crippen molar-refractivity contribution in [2.24, 2.45) is 0 Å². The number of carboxylic acid groups (broad SMARTS) is 1. The fourth-order valence-electron chi connectivity index (χ4n) is 3.18. The minimum absolute atomic E-state index is 0.0750. The van der Waals surface area contributed by atoms with Gasteiger partial charge in [0.25, 0.3) is 5.91 Å². The van der Waals surface area contributed by atoms with Crippen LogP contribution in [0.1, 0.15) is 15.2 Å². The van der Waals surface area contributed by atoms with E-state index in [0.717, 1.165) is 16.2 Å². The fourth-order valence-corrected chi connectivity index (χ4v) is 5.13. The van der Waals surface area contributed by atoms with Gasteiger partial charge in [0.05, 0.1) is 12.4 Å². The number of aromatic nitrogens is 1. The second-order valence-electron chi connectivity index (χ2n) is 6.58. The van der Waals surface area contributed by atoms with E-state index in [2.05, 4.69) is 5.32 Å². The van der Waals surface area contributed by atoms with Crippen molar-refractivity contribution in [1.29, 1.82) is 0 Å². The number of carbonyl (C=O) groups is 3. The first-order valence-corrected chi connectivity index (χ1v) is 10.6. The molecule has 2 atom stereocenters. The van der Waals surface area contributed by atoms with Crippen LogP contribution in [-0.4, -0.2) is 39.9 Å². The van der Waals surface area contributed by atoms with Gasteiger partial charge < -0.3 is 20.1 Å². The van der Waals surface area contributed by atoms with Gasteiger partial charge in [-0.1, -0.05) is 6.07 Å². The molecule has 2 amide bonds. The second kappa shape index (κ2) is 7.76.